The molecule has 0 nitrogen and oxygen atoms in total. The first-order valence-electron chi connectivity index (χ1n) is 4.59. The number of allylic oxidation sites excluding steroid dienone is 1. The molecule has 0 bridgehead atoms. The van der Waals surface area contributed by atoms with Crippen LogP contribution in [0.1, 0.15) is 26.2 Å². The summed E-state index contributed by atoms with van der Waals surface area (Å²) in [5.74, 6) is 3.37. The predicted octanol–water partition coefficient (Wildman–Crippen LogP) is 4.11. The maximum atomic E-state index is 3.77. The van der Waals surface area contributed by atoms with Crippen molar-refractivity contribution in [3.63, 3.8) is 0 Å². The Morgan fingerprint density at radius 2 is 2.33 bits per heavy atom. The van der Waals surface area contributed by atoms with Gasteiger partial charge in [-0.05, 0) is 36.7 Å². The molecule has 1 unspecified atom stereocenters. The number of hydrogen-bond acceptors (Lipinski definition) is 1. The normalized spacial score (nSPS) is 12.8. The van der Waals surface area contributed by atoms with Crippen LogP contribution in [0.5, 0.6) is 0 Å². The van der Waals surface area contributed by atoms with Crippen molar-refractivity contribution < 1.29 is 0 Å². The molecule has 0 radical (unpaired) electrons. The van der Waals surface area contributed by atoms with E-state index >= 15 is 0 Å². The first-order chi connectivity index (χ1) is 5.85. The molecule has 0 heterocycles. The van der Waals surface area contributed by atoms with Gasteiger partial charge in [0.05, 0.1) is 0 Å². The Morgan fingerprint density at radius 1 is 1.58 bits per heavy atom. The van der Waals surface area contributed by atoms with Crippen molar-refractivity contribution in [2.45, 2.75) is 26.2 Å². The molecule has 72 valence electrons. The Morgan fingerprint density at radius 3 is 2.83 bits per heavy atom. The topological polar surface area (TPSA) is 0 Å². The standard InChI is InChI=1S/C10H19BrS/c1-3-6-10(9-11)7-5-8-12-4-2/h3,10H,1,4-9H2,2H3. The molecule has 0 N–H and O–H groups in total. The minimum atomic E-state index is 0.806. The predicted molar refractivity (Wildman–Crippen MR) is 64.3 cm³/mol. The van der Waals surface area contributed by atoms with Crippen LogP contribution in [-0.2, 0) is 0 Å². The summed E-state index contributed by atoms with van der Waals surface area (Å²) in [4.78, 5) is 0. The fourth-order valence-electron chi connectivity index (χ4n) is 1.11. The minimum Gasteiger partial charge on any atom is -0.162 e. The van der Waals surface area contributed by atoms with E-state index in [0.29, 0.717) is 0 Å². The van der Waals surface area contributed by atoms with Gasteiger partial charge >= 0.3 is 0 Å². The zero-order valence-corrected chi connectivity index (χ0v) is 10.3. The summed E-state index contributed by atoms with van der Waals surface area (Å²) in [6, 6.07) is 0. The average Bonchev–Trinajstić information content (AvgIpc) is 2.10. The Kier molecular flexibility index (Phi) is 10.1. The molecule has 0 saturated carbocycles. The van der Waals surface area contributed by atoms with Crippen LogP contribution in [-0.4, -0.2) is 16.8 Å². The molecule has 0 spiro atoms. The third-order valence-corrected chi connectivity index (χ3v) is 3.72. The third kappa shape index (κ3) is 7.23. The lowest BCUT2D eigenvalue weighted by atomic mass is 10.0. The number of alkyl halides is 1. The van der Waals surface area contributed by atoms with E-state index < -0.39 is 0 Å². The molecule has 0 amide bonds. The maximum absolute atomic E-state index is 3.77. The van der Waals surface area contributed by atoms with Gasteiger partial charge in [-0.15, -0.1) is 6.58 Å². The molecule has 0 aliphatic heterocycles. The highest BCUT2D eigenvalue weighted by atomic mass is 79.9. The maximum Gasteiger partial charge on any atom is 0.00626 e. The molecule has 0 saturated heterocycles. The van der Waals surface area contributed by atoms with Gasteiger partial charge in [0.1, 0.15) is 0 Å². The lowest BCUT2D eigenvalue weighted by Crippen LogP contribution is -2.01. The average molecular weight is 251 g/mol. The molecule has 0 aliphatic carbocycles. The van der Waals surface area contributed by atoms with Crippen LogP contribution < -0.4 is 0 Å². The van der Waals surface area contributed by atoms with Crippen LogP contribution in [0.3, 0.4) is 0 Å². The molecule has 0 aromatic heterocycles. The molecule has 1 atom stereocenters. The highest BCUT2D eigenvalue weighted by Crippen LogP contribution is 2.16. The van der Waals surface area contributed by atoms with E-state index in [1.165, 1.54) is 24.3 Å². The van der Waals surface area contributed by atoms with E-state index in [4.69, 9.17) is 0 Å². The molecule has 0 rings (SSSR count). The van der Waals surface area contributed by atoms with Crippen LogP contribution in [0.2, 0.25) is 0 Å². The molecule has 0 aromatic carbocycles. The zero-order chi connectivity index (χ0) is 9.23. The van der Waals surface area contributed by atoms with Gasteiger partial charge in [-0.25, -0.2) is 0 Å². The van der Waals surface area contributed by atoms with Crippen LogP contribution in [0, 0.1) is 5.92 Å². The molecule has 0 aromatic rings. The molecule has 12 heavy (non-hydrogen) atoms. The summed E-state index contributed by atoms with van der Waals surface area (Å²) < 4.78 is 0. The quantitative estimate of drug-likeness (QED) is 0.355. The Bertz CT molecular complexity index is 104. The molecule has 0 fully saturated rings. The van der Waals surface area contributed by atoms with Crippen molar-refractivity contribution in [2.24, 2.45) is 5.92 Å². The second-order valence-electron chi connectivity index (χ2n) is 2.88. The van der Waals surface area contributed by atoms with Crippen molar-refractivity contribution in [3.8, 4) is 0 Å². The number of thioether (sulfide) groups is 1. The highest BCUT2D eigenvalue weighted by Gasteiger charge is 2.03. The van der Waals surface area contributed by atoms with Gasteiger partial charge in [0.25, 0.3) is 0 Å². The van der Waals surface area contributed by atoms with Crippen molar-refractivity contribution in [2.75, 3.05) is 16.8 Å². The summed E-state index contributed by atoms with van der Waals surface area (Å²) >= 11 is 5.57. The SMILES string of the molecule is C=CCC(CBr)CCCSCC. The Labute approximate surface area is 89.3 Å². The lowest BCUT2D eigenvalue weighted by molar-refractivity contribution is 0.547. The second kappa shape index (κ2) is 9.66. The highest BCUT2D eigenvalue weighted by molar-refractivity contribution is 9.09. The monoisotopic (exact) mass is 250 g/mol. The number of rotatable bonds is 8. The van der Waals surface area contributed by atoms with Gasteiger partial charge in [0.15, 0.2) is 0 Å². The molecular weight excluding hydrogens is 232 g/mol. The fourth-order valence-corrected chi connectivity index (χ4v) is 2.36. The summed E-state index contributed by atoms with van der Waals surface area (Å²) in [6.07, 6.45) is 5.87. The number of halogens is 1. The molecule has 0 aliphatic rings. The Balaban J connectivity index is 3.25. The van der Waals surface area contributed by atoms with Gasteiger partial charge in [0.2, 0.25) is 0 Å². The van der Waals surface area contributed by atoms with Crippen LogP contribution in [0.25, 0.3) is 0 Å². The van der Waals surface area contributed by atoms with Gasteiger partial charge in [0, 0.05) is 5.33 Å². The van der Waals surface area contributed by atoms with Crippen molar-refractivity contribution in [1.82, 2.24) is 0 Å². The van der Waals surface area contributed by atoms with Crippen molar-refractivity contribution in [3.05, 3.63) is 12.7 Å². The van der Waals surface area contributed by atoms with E-state index in [-0.39, 0.29) is 0 Å². The first kappa shape index (κ1) is 12.6. The van der Waals surface area contributed by atoms with Gasteiger partial charge in [-0.3, -0.25) is 0 Å². The number of hydrogen-bond donors (Lipinski definition) is 0. The zero-order valence-electron chi connectivity index (χ0n) is 7.89. The molecule has 2 heteroatoms. The van der Waals surface area contributed by atoms with E-state index in [9.17, 15) is 0 Å². The van der Waals surface area contributed by atoms with E-state index in [1.54, 1.807) is 0 Å². The first-order valence-corrected chi connectivity index (χ1v) is 6.87. The fraction of sp³-hybridized carbons (Fsp3) is 0.800. The summed E-state index contributed by atoms with van der Waals surface area (Å²) in [5, 5.41) is 1.12. The summed E-state index contributed by atoms with van der Waals surface area (Å²) in [7, 11) is 0. The van der Waals surface area contributed by atoms with Crippen LogP contribution in [0.4, 0.5) is 0 Å². The van der Waals surface area contributed by atoms with Gasteiger partial charge in [-0.2, -0.15) is 11.8 Å². The van der Waals surface area contributed by atoms with Gasteiger partial charge in [-0.1, -0.05) is 28.9 Å². The largest absolute Gasteiger partial charge is 0.162 e. The van der Waals surface area contributed by atoms with Crippen molar-refractivity contribution in [1.29, 1.82) is 0 Å². The minimum absolute atomic E-state index is 0.806. The Hall–Kier alpha value is 0.570. The van der Waals surface area contributed by atoms with E-state index in [2.05, 4.69) is 29.4 Å². The van der Waals surface area contributed by atoms with Crippen LogP contribution in [0.15, 0.2) is 12.7 Å². The summed E-state index contributed by atoms with van der Waals surface area (Å²) in [5.41, 5.74) is 0. The van der Waals surface area contributed by atoms with E-state index in [0.717, 1.165) is 17.7 Å². The lowest BCUT2D eigenvalue weighted by Gasteiger charge is -2.10. The third-order valence-electron chi connectivity index (χ3n) is 1.82. The van der Waals surface area contributed by atoms with Gasteiger partial charge < -0.3 is 0 Å². The molecular formula is C10H19BrS. The summed E-state index contributed by atoms with van der Waals surface area (Å²) in [6.45, 7) is 5.99. The van der Waals surface area contributed by atoms with Crippen LogP contribution >= 0.6 is 27.7 Å². The second-order valence-corrected chi connectivity index (χ2v) is 4.93. The smallest absolute Gasteiger partial charge is 0.00626 e. The van der Waals surface area contributed by atoms with Crippen molar-refractivity contribution >= 4 is 27.7 Å². The van der Waals surface area contributed by atoms with E-state index in [1.807, 2.05) is 17.8 Å².